The van der Waals surface area contributed by atoms with Crippen LogP contribution in [0.15, 0.2) is 23.1 Å². The molecule has 1 aliphatic rings. The molecule has 0 aliphatic carbocycles. The van der Waals surface area contributed by atoms with E-state index in [0.717, 1.165) is 12.8 Å². The molecule has 1 aromatic carbocycles. The van der Waals surface area contributed by atoms with Crippen LogP contribution in [-0.2, 0) is 10.0 Å². The maximum atomic E-state index is 12.6. The van der Waals surface area contributed by atoms with Crippen LogP contribution < -0.4 is 10.5 Å². The lowest BCUT2D eigenvalue weighted by atomic mass is 10.1. The molecule has 1 atom stereocenters. The fourth-order valence-corrected chi connectivity index (χ4v) is 4.10. The van der Waals surface area contributed by atoms with Crippen molar-refractivity contribution in [2.45, 2.75) is 24.7 Å². The molecule has 1 unspecified atom stereocenters. The molecule has 1 aromatic rings. The maximum Gasteiger partial charge on any atom is 0.246 e. The molecule has 1 aliphatic heterocycles. The van der Waals surface area contributed by atoms with Gasteiger partial charge in [-0.25, -0.2) is 8.42 Å². The highest BCUT2D eigenvalue weighted by Crippen LogP contribution is 2.32. The van der Waals surface area contributed by atoms with E-state index in [9.17, 15) is 8.42 Å². The Morgan fingerprint density at radius 2 is 2.21 bits per heavy atom. The van der Waals surface area contributed by atoms with Crippen molar-refractivity contribution in [3.63, 3.8) is 0 Å². The standard InChI is InChI=1S/C13H20N2O3S/c1-3-10-6-7-15(9-10)19(16,17)13-8-11(14)4-5-12(13)18-2/h4-5,8,10H,3,6-7,9,14H2,1-2H3. The maximum absolute atomic E-state index is 12.6. The van der Waals surface area contributed by atoms with Gasteiger partial charge < -0.3 is 10.5 Å². The molecular weight excluding hydrogens is 264 g/mol. The smallest absolute Gasteiger partial charge is 0.246 e. The number of hydrogen-bond acceptors (Lipinski definition) is 4. The minimum absolute atomic E-state index is 0.159. The topological polar surface area (TPSA) is 72.6 Å². The summed E-state index contributed by atoms with van der Waals surface area (Å²) in [7, 11) is -2.06. The van der Waals surface area contributed by atoms with Gasteiger partial charge in [-0.05, 0) is 30.5 Å². The Morgan fingerprint density at radius 1 is 1.47 bits per heavy atom. The Morgan fingerprint density at radius 3 is 2.79 bits per heavy atom. The molecule has 0 spiro atoms. The number of nitrogens with zero attached hydrogens (tertiary/aromatic N) is 1. The molecule has 106 valence electrons. The average Bonchev–Trinajstić information content (AvgIpc) is 2.88. The van der Waals surface area contributed by atoms with Crippen molar-refractivity contribution in [3.8, 4) is 5.75 Å². The second kappa shape index (κ2) is 5.38. The number of nitrogen functional groups attached to an aromatic ring is 1. The fraction of sp³-hybridized carbons (Fsp3) is 0.538. The van der Waals surface area contributed by atoms with Crippen LogP contribution in [-0.4, -0.2) is 32.9 Å². The SMILES string of the molecule is CCC1CCN(S(=O)(=O)c2cc(N)ccc2OC)C1. The van der Waals surface area contributed by atoms with E-state index >= 15 is 0 Å². The van der Waals surface area contributed by atoms with Gasteiger partial charge in [0.15, 0.2) is 0 Å². The third-order valence-corrected chi connectivity index (χ3v) is 5.52. The Hall–Kier alpha value is -1.27. The number of ether oxygens (including phenoxy) is 1. The first kappa shape index (κ1) is 14.1. The number of sulfonamides is 1. The van der Waals surface area contributed by atoms with E-state index in [-0.39, 0.29) is 4.90 Å². The summed E-state index contributed by atoms with van der Waals surface area (Å²) in [5.41, 5.74) is 6.11. The third-order valence-electron chi connectivity index (χ3n) is 3.63. The normalized spacial score (nSPS) is 20.6. The summed E-state index contributed by atoms with van der Waals surface area (Å²) >= 11 is 0. The van der Waals surface area contributed by atoms with Crippen molar-refractivity contribution in [2.24, 2.45) is 5.92 Å². The summed E-state index contributed by atoms with van der Waals surface area (Å²) < 4.78 is 31.9. The van der Waals surface area contributed by atoms with Crippen LogP contribution in [0.4, 0.5) is 5.69 Å². The van der Waals surface area contributed by atoms with Crippen LogP contribution in [0.2, 0.25) is 0 Å². The predicted molar refractivity (Wildman–Crippen MR) is 74.6 cm³/mol. The minimum Gasteiger partial charge on any atom is -0.495 e. The van der Waals surface area contributed by atoms with Crippen LogP contribution in [0.1, 0.15) is 19.8 Å². The van der Waals surface area contributed by atoms with E-state index in [0.29, 0.717) is 30.4 Å². The first-order valence-corrected chi connectivity index (χ1v) is 7.86. The first-order chi connectivity index (χ1) is 8.98. The highest BCUT2D eigenvalue weighted by molar-refractivity contribution is 7.89. The third kappa shape index (κ3) is 2.69. The second-order valence-electron chi connectivity index (χ2n) is 4.84. The largest absolute Gasteiger partial charge is 0.495 e. The summed E-state index contributed by atoms with van der Waals surface area (Å²) in [6, 6.07) is 4.69. The zero-order valence-electron chi connectivity index (χ0n) is 11.3. The van der Waals surface area contributed by atoms with E-state index in [4.69, 9.17) is 10.5 Å². The van der Waals surface area contributed by atoms with Crippen molar-refractivity contribution in [1.29, 1.82) is 0 Å². The van der Waals surface area contributed by atoms with Crippen molar-refractivity contribution >= 4 is 15.7 Å². The van der Waals surface area contributed by atoms with Crippen molar-refractivity contribution in [2.75, 3.05) is 25.9 Å². The van der Waals surface area contributed by atoms with Crippen LogP contribution in [0, 0.1) is 5.92 Å². The number of rotatable bonds is 4. The molecule has 19 heavy (non-hydrogen) atoms. The van der Waals surface area contributed by atoms with E-state index in [2.05, 4.69) is 6.92 Å². The molecule has 0 saturated carbocycles. The highest BCUT2D eigenvalue weighted by Gasteiger charge is 2.33. The van der Waals surface area contributed by atoms with Crippen molar-refractivity contribution in [1.82, 2.24) is 4.31 Å². The lowest BCUT2D eigenvalue weighted by Crippen LogP contribution is -2.29. The Balaban J connectivity index is 2.37. The van der Waals surface area contributed by atoms with Crippen LogP contribution in [0.3, 0.4) is 0 Å². The van der Waals surface area contributed by atoms with Gasteiger partial charge in [-0.3, -0.25) is 0 Å². The van der Waals surface area contributed by atoms with Gasteiger partial charge in [0.25, 0.3) is 0 Å². The van der Waals surface area contributed by atoms with E-state index in [1.807, 2.05) is 0 Å². The Bertz CT molecular complexity index is 557. The molecule has 2 rings (SSSR count). The average molecular weight is 284 g/mol. The number of benzene rings is 1. The quantitative estimate of drug-likeness (QED) is 0.854. The molecule has 0 radical (unpaired) electrons. The number of nitrogens with two attached hydrogens (primary N) is 1. The lowest BCUT2D eigenvalue weighted by Gasteiger charge is -2.18. The fourth-order valence-electron chi connectivity index (χ4n) is 2.38. The molecule has 1 fully saturated rings. The zero-order valence-corrected chi connectivity index (χ0v) is 12.1. The molecule has 0 aromatic heterocycles. The van der Waals surface area contributed by atoms with Gasteiger partial charge >= 0.3 is 0 Å². The van der Waals surface area contributed by atoms with Crippen molar-refractivity contribution < 1.29 is 13.2 Å². The van der Waals surface area contributed by atoms with Crippen LogP contribution in [0.5, 0.6) is 5.75 Å². The predicted octanol–water partition coefficient (Wildman–Crippen LogP) is 1.70. The van der Waals surface area contributed by atoms with Gasteiger partial charge in [0.2, 0.25) is 10.0 Å². The summed E-state index contributed by atoms with van der Waals surface area (Å²) in [6.07, 6.45) is 1.92. The Kier molecular flexibility index (Phi) is 4.01. The summed E-state index contributed by atoms with van der Waals surface area (Å²) in [5.74, 6) is 0.788. The molecule has 0 amide bonds. The number of methoxy groups -OCH3 is 1. The monoisotopic (exact) mass is 284 g/mol. The molecular formula is C13H20N2O3S. The van der Waals surface area contributed by atoms with Gasteiger partial charge in [0, 0.05) is 18.8 Å². The molecule has 1 saturated heterocycles. The highest BCUT2D eigenvalue weighted by atomic mass is 32.2. The molecule has 5 nitrogen and oxygen atoms in total. The molecule has 6 heteroatoms. The molecule has 2 N–H and O–H groups in total. The second-order valence-corrected chi connectivity index (χ2v) is 6.74. The number of anilines is 1. The van der Waals surface area contributed by atoms with Crippen LogP contribution in [0.25, 0.3) is 0 Å². The summed E-state index contributed by atoms with van der Waals surface area (Å²) in [6.45, 7) is 3.23. The van der Waals surface area contributed by atoms with Crippen LogP contribution >= 0.6 is 0 Å². The van der Waals surface area contributed by atoms with Gasteiger partial charge in [-0.15, -0.1) is 0 Å². The van der Waals surface area contributed by atoms with E-state index < -0.39 is 10.0 Å². The van der Waals surface area contributed by atoms with E-state index in [1.54, 1.807) is 12.1 Å². The first-order valence-electron chi connectivity index (χ1n) is 6.42. The van der Waals surface area contributed by atoms with E-state index in [1.165, 1.54) is 17.5 Å². The Labute approximate surface area is 114 Å². The van der Waals surface area contributed by atoms with Gasteiger partial charge in [0.1, 0.15) is 10.6 Å². The summed E-state index contributed by atoms with van der Waals surface area (Å²) in [4.78, 5) is 0.159. The van der Waals surface area contributed by atoms with Gasteiger partial charge in [0.05, 0.1) is 7.11 Å². The number of hydrogen-bond donors (Lipinski definition) is 1. The summed E-state index contributed by atoms with van der Waals surface area (Å²) in [5, 5.41) is 0. The van der Waals surface area contributed by atoms with Gasteiger partial charge in [-0.1, -0.05) is 13.3 Å². The molecule has 0 bridgehead atoms. The minimum atomic E-state index is -3.52. The molecule has 1 heterocycles. The van der Waals surface area contributed by atoms with Gasteiger partial charge in [-0.2, -0.15) is 4.31 Å². The van der Waals surface area contributed by atoms with Crippen molar-refractivity contribution in [3.05, 3.63) is 18.2 Å². The lowest BCUT2D eigenvalue weighted by molar-refractivity contribution is 0.397. The zero-order chi connectivity index (χ0) is 14.0.